The van der Waals surface area contributed by atoms with Crippen molar-refractivity contribution in [2.75, 3.05) is 43.9 Å². The van der Waals surface area contributed by atoms with Gasteiger partial charge in [0.05, 0.1) is 42.8 Å². The molecule has 2 N–H and O–H groups in total. The van der Waals surface area contributed by atoms with Crippen molar-refractivity contribution >= 4 is 51.1 Å². The molecule has 0 radical (unpaired) electrons. The highest BCUT2D eigenvalue weighted by Gasteiger charge is 2.22. The first-order valence-electron chi connectivity index (χ1n) is 10.8. The van der Waals surface area contributed by atoms with Gasteiger partial charge in [-0.15, -0.1) is 0 Å². The number of pyridine rings is 1. The Balaban J connectivity index is 1.41. The van der Waals surface area contributed by atoms with Gasteiger partial charge in [0.15, 0.2) is 11.5 Å². The molecule has 1 aromatic carbocycles. The number of hydrogen-bond acceptors (Lipinski definition) is 8. The molecule has 1 atom stereocenters. The molecule has 0 amide bonds. The highest BCUT2D eigenvalue weighted by Crippen LogP contribution is 2.34. The molecule has 1 aliphatic heterocycles. The summed E-state index contributed by atoms with van der Waals surface area (Å²) in [5.41, 5.74) is 2.21. The van der Waals surface area contributed by atoms with Crippen LogP contribution in [0.2, 0.25) is 5.02 Å². The van der Waals surface area contributed by atoms with E-state index in [0.29, 0.717) is 60.6 Å². The van der Waals surface area contributed by atoms with E-state index in [9.17, 15) is 5.21 Å². The van der Waals surface area contributed by atoms with Crippen LogP contribution in [0.1, 0.15) is 18.7 Å². The molecule has 0 spiro atoms. The molecular formula is C22H24ClN7O2S. The van der Waals surface area contributed by atoms with Gasteiger partial charge in [-0.05, 0) is 24.4 Å². The lowest BCUT2D eigenvalue weighted by Gasteiger charge is -2.45. The van der Waals surface area contributed by atoms with Crippen LogP contribution >= 0.6 is 23.4 Å². The van der Waals surface area contributed by atoms with Crippen LogP contribution in [-0.2, 0) is 4.74 Å². The zero-order valence-electron chi connectivity index (χ0n) is 18.1. The Labute approximate surface area is 200 Å². The topological polar surface area (TPSA) is 112 Å². The molecule has 33 heavy (non-hydrogen) atoms. The molecule has 3 aromatic heterocycles. The van der Waals surface area contributed by atoms with E-state index in [1.807, 2.05) is 31.2 Å². The molecule has 0 bridgehead atoms. The van der Waals surface area contributed by atoms with Crippen molar-refractivity contribution in [2.45, 2.75) is 18.0 Å². The Morgan fingerprint density at radius 3 is 2.97 bits per heavy atom. The van der Waals surface area contributed by atoms with Crippen LogP contribution in [0.5, 0.6) is 0 Å². The van der Waals surface area contributed by atoms with Crippen LogP contribution in [0.15, 0.2) is 41.9 Å². The predicted octanol–water partition coefficient (Wildman–Crippen LogP) is 4.16. The Kier molecular flexibility index (Phi) is 6.35. The number of imidazole rings is 1. The third-order valence-electron chi connectivity index (χ3n) is 5.83. The zero-order valence-corrected chi connectivity index (χ0v) is 19.7. The molecule has 9 nitrogen and oxygen atoms in total. The number of fused-ring (bicyclic) bond motifs is 2. The summed E-state index contributed by atoms with van der Waals surface area (Å²) in [7, 11) is 0. The SMILES string of the molecule is C[C@H](Nc1ncnc2[nH]cnc12)c1cc2cccc(Cl)c2c(SCC[N+]2([O-])CCOCC2)n1. The van der Waals surface area contributed by atoms with Gasteiger partial charge in [0.2, 0.25) is 0 Å². The number of morpholine rings is 1. The molecule has 1 fully saturated rings. The maximum Gasteiger partial charge on any atom is 0.162 e. The van der Waals surface area contributed by atoms with Crippen molar-refractivity contribution in [3.8, 4) is 0 Å². The van der Waals surface area contributed by atoms with Gasteiger partial charge >= 0.3 is 0 Å². The van der Waals surface area contributed by atoms with Crippen molar-refractivity contribution in [1.29, 1.82) is 0 Å². The highest BCUT2D eigenvalue weighted by atomic mass is 35.5. The number of nitrogens with one attached hydrogen (secondary N) is 2. The first-order valence-corrected chi connectivity index (χ1v) is 12.2. The third kappa shape index (κ3) is 4.75. The summed E-state index contributed by atoms with van der Waals surface area (Å²) in [6, 6.07) is 7.73. The van der Waals surface area contributed by atoms with E-state index in [1.54, 1.807) is 18.1 Å². The van der Waals surface area contributed by atoms with E-state index in [-0.39, 0.29) is 10.7 Å². The Hall–Kier alpha value is -2.50. The van der Waals surface area contributed by atoms with Gasteiger partial charge in [0.1, 0.15) is 30.0 Å². The number of hydrogen-bond donors (Lipinski definition) is 2. The van der Waals surface area contributed by atoms with E-state index < -0.39 is 0 Å². The molecule has 4 heterocycles. The van der Waals surface area contributed by atoms with E-state index in [0.717, 1.165) is 21.5 Å². The number of aromatic nitrogens is 5. The molecule has 4 aromatic rings. The van der Waals surface area contributed by atoms with Crippen LogP contribution in [-0.4, -0.2) is 68.2 Å². The molecule has 1 saturated heterocycles. The highest BCUT2D eigenvalue weighted by molar-refractivity contribution is 7.99. The largest absolute Gasteiger partial charge is 0.633 e. The second-order valence-electron chi connectivity index (χ2n) is 8.07. The zero-order chi connectivity index (χ0) is 22.8. The summed E-state index contributed by atoms with van der Waals surface area (Å²) in [4.78, 5) is 20.8. The summed E-state index contributed by atoms with van der Waals surface area (Å²) in [5.74, 6) is 1.29. The number of anilines is 1. The number of benzene rings is 1. The quantitative estimate of drug-likeness (QED) is 0.228. The number of ether oxygens (including phenoxy) is 1. The second-order valence-corrected chi connectivity index (χ2v) is 9.56. The maximum atomic E-state index is 12.9. The van der Waals surface area contributed by atoms with Crippen LogP contribution in [0.3, 0.4) is 0 Å². The second kappa shape index (κ2) is 9.40. The number of halogens is 1. The molecule has 0 saturated carbocycles. The molecule has 0 aliphatic carbocycles. The van der Waals surface area contributed by atoms with Crippen LogP contribution < -0.4 is 5.32 Å². The standard InChI is InChI=1S/C22H24ClN7O2S/c1-14(28-21-19-20(25-12-24-19)26-13-27-21)17-11-15-3-2-4-16(23)18(15)22(29-17)33-10-7-30(31)5-8-32-9-6-30/h2-4,11-14H,5-10H2,1H3,(H2,24,25,26,27,28)/t14-/m0/s1. The number of thioether (sulfide) groups is 1. The molecular weight excluding hydrogens is 462 g/mol. The van der Waals surface area contributed by atoms with E-state index >= 15 is 0 Å². The average Bonchev–Trinajstić information content (AvgIpc) is 3.29. The molecule has 11 heteroatoms. The molecule has 0 unspecified atom stereocenters. The first-order chi connectivity index (χ1) is 16.0. The first kappa shape index (κ1) is 22.3. The van der Waals surface area contributed by atoms with Gasteiger partial charge in [-0.25, -0.2) is 19.9 Å². The number of H-pyrrole nitrogens is 1. The summed E-state index contributed by atoms with van der Waals surface area (Å²) in [5, 5.41) is 19.7. The summed E-state index contributed by atoms with van der Waals surface area (Å²) < 4.78 is 5.12. The fraction of sp³-hybridized carbons (Fsp3) is 0.364. The Bertz CT molecular complexity index is 1280. The maximum absolute atomic E-state index is 12.9. The predicted molar refractivity (Wildman–Crippen MR) is 130 cm³/mol. The molecule has 5 rings (SSSR count). The number of rotatable bonds is 7. The van der Waals surface area contributed by atoms with E-state index in [1.165, 1.54) is 6.33 Å². The fourth-order valence-corrected chi connectivity index (χ4v) is 5.42. The van der Waals surface area contributed by atoms with Crippen molar-refractivity contribution < 1.29 is 9.38 Å². The van der Waals surface area contributed by atoms with E-state index in [2.05, 4.69) is 25.3 Å². The van der Waals surface area contributed by atoms with Crippen LogP contribution in [0, 0.1) is 5.21 Å². The van der Waals surface area contributed by atoms with E-state index in [4.69, 9.17) is 21.3 Å². The van der Waals surface area contributed by atoms with Crippen molar-refractivity contribution in [1.82, 2.24) is 24.9 Å². The minimum absolute atomic E-state index is 0.139. The summed E-state index contributed by atoms with van der Waals surface area (Å²) in [6.45, 7) is 4.57. The van der Waals surface area contributed by atoms with Crippen LogP contribution in [0.25, 0.3) is 21.9 Å². The number of hydroxylamine groups is 3. The van der Waals surface area contributed by atoms with Crippen LogP contribution in [0.4, 0.5) is 5.82 Å². The Morgan fingerprint density at radius 1 is 1.27 bits per heavy atom. The average molecular weight is 486 g/mol. The monoisotopic (exact) mass is 485 g/mol. The van der Waals surface area contributed by atoms with Crippen molar-refractivity contribution in [2.24, 2.45) is 0 Å². The van der Waals surface area contributed by atoms with Gasteiger partial charge < -0.3 is 24.9 Å². The number of aromatic amines is 1. The minimum Gasteiger partial charge on any atom is -0.633 e. The van der Waals surface area contributed by atoms with Gasteiger partial charge in [0.25, 0.3) is 0 Å². The number of quaternary nitrogens is 1. The fourth-order valence-electron chi connectivity index (χ4n) is 3.94. The molecule has 1 aliphatic rings. The van der Waals surface area contributed by atoms with Crippen molar-refractivity contribution in [3.05, 3.63) is 52.8 Å². The lowest BCUT2D eigenvalue weighted by Crippen LogP contribution is -2.51. The molecule has 172 valence electrons. The van der Waals surface area contributed by atoms with Gasteiger partial charge in [-0.2, -0.15) is 0 Å². The van der Waals surface area contributed by atoms with Gasteiger partial charge in [0, 0.05) is 11.1 Å². The van der Waals surface area contributed by atoms with Gasteiger partial charge in [-0.1, -0.05) is 35.5 Å². The third-order valence-corrected chi connectivity index (χ3v) is 7.10. The van der Waals surface area contributed by atoms with Gasteiger partial charge in [-0.3, -0.25) is 0 Å². The lowest BCUT2D eigenvalue weighted by atomic mass is 10.1. The normalized spacial score (nSPS) is 16.8. The smallest absolute Gasteiger partial charge is 0.162 e. The summed E-state index contributed by atoms with van der Waals surface area (Å²) >= 11 is 8.13. The number of nitrogens with zero attached hydrogens (tertiary/aromatic N) is 5. The summed E-state index contributed by atoms with van der Waals surface area (Å²) in [6.07, 6.45) is 3.09. The minimum atomic E-state index is -0.219. The van der Waals surface area contributed by atoms with Crippen molar-refractivity contribution in [3.63, 3.8) is 0 Å². The Morgan fingerprint density at radius 2 is 2.12 bits per heavy atom. The lowest BCUT2D eigenvalue weighted by molar-refractivity contribution is -0.886.